The van der Waals surface area contributed by atoms with Crippen LogP contribution in [0.5, 0.6) is 0 Å². The van der Waals surface area contributed by atoms with Crippen molar-refractivity contribution in [3.8, 4) is 0 Å². The SMILES string of the molecule is CC(=O)Nc1ccc(NC(C)c2ccc(C(F)(F)F)cc2)cc1. The van der Waals surface area contributed by atoms with Crippen LogP contribution in [0.1, 0.15) is 31.0 Å². The summed E-state index contributed by atoms with van der Waals surface area (Å²) in [4.78, 5) is 11.0. The van der Waals surface area contributed by atoms with E-state index in [9.17, 15) is 18.0 Å². The number of halogens is 3. The summed E-state index contributed by atoms with van der Waals surface area (Å²) in [5.74, 6) is -0.149. The largest absolute Gasteiger partial charge is 0.416 e. The molecule has 0 aliphatic carbocycles. The second kappa shape index (κ2) is 6.73. The van der Waals surface area contributed by atoms with Gasteiger partial charge in [-0.2, -0.15) is 13.2 Å². The Balaban J connectivity index is 2.03. The quantitative estimate of drug-likeness (QED) is 0.846. The predicted molar refractivity (Wildman–Crippen MR) is 84.2 cm³/mol. The molecule has 0 spiro atoms. The number of hydrogen-bond acceptors (Lipinski definition) is 2. The summed E-state index contributed by atoms with van der Waals surface area (Å²) in [5.41, 5.74) is 1.59. The van der Waals surface area contributed by atoms with Crippen LogP contribution in [-0.4, -0.2) is 5.91 Å². The fourth-order valence-electron chi connectivity index (χ4n) is 2.15. The first kappa shape index (κ1) is 16.9. The smallest absolute Gasteiger partial charge is 0.379 e. The first-order valence-electron chi connectivity index (χ1n) is 7.07. The molecule has 0 radical (unpaired) electrons. The van der Waals surface area contributed by atoms with Gasteiger partial charge in [0.2, 0.25) is 5.91 Å². The van der Waals surface area contributed by atoms with E-state index in [1.165, 1.54) is 19.1 Å². The Kier molecular flexibility index (Phi) is 4.93. The molecule has 0 heterocycles. The van der Waals surface area contributed by atoms with E-state index in [2.05, 4.69) is 10.6 Å². The molecule has 0 bridgehead atoms. The van der Waals surface area contributed by atoms with Crippen LogP contribution in [-0.2, 0) is 11.0 Å². The van der Waals surface area contributed by atoms with Crippen molar-refractivity contribution >= 4 is 17.3 Å². The van der Waals surface area contributed by atoms with E-state index in [4.69, 9.17) is 0 Å². The highest BCUT2D eigenvalue weighted by molar-refractivity contribution is 5.88. The molecule has 6 heteroatoms. The number of carbonyl (C=O) groups excluding carboxylic acids is 1. The van der Waals surface area contributed by atoms with Gasteiger partial charge in [0.15, 0.2) is 0 Å². The molecule has 0 aliphatic heterocycles. The van der Waals surface area contributed by atoms with Gasteiger partial charge in [0.05, 0.1) is 5.56 Å². The van der Waals surface area contributed by atoms with Crippen molar-refractivity contribution in [3.05, 3.63) is 59.7 Å². The van der Waals surface area contributed by atoms with Gasteiger partial charge in [-0.3, -0.25) is 4.79 Å². The van der Waals surface area contributed by atoms with Gasteiger partial charge >= 0.3 is 6.18 Å². The summed E-state index contributed by atoms with van der Waals surface area (Å²) in [6.45, 7) is 3.29. The number of nitrogens with one attached hydrogen (secondary N) is 2. The lowest BCUT2D eigenvalue weighted by Crippen LogP contribution is -2.09. The Morgan fingerprint density at radius 2 is 1.48 bits per heavy atom. The highest BCUT2D eigenvalue weighted by atomic mass is 19.4. The Morgan fingerprint density at radius 1 is 0.957 bits per heavy atom. The number of amides is 1. The molecular weight excluding hydrogens is 305 g/mol. The highest BCUT2D eigenvalue weighted by Gasteiger charge is 2.30. The molecule has 0 aromatic heterocycles. The van der Waals surface area contributed by atoms with Crippen LogP contribution in [0.4, 0.5) is 24.5 Å². The van der Waals surface area contributed by atoms with Crippen LogP contribution in [0.3, 0.4) is 0 Å². The summed E-state index contributed by atoms with van der Waals surface area (Å²) in [5, 5.41) is 5.87. The van der Waals surface area contributed by atoms with Crippen LogP contribution < -0.4 is 10.6 Å². The van der Waals surface area contributed by atoms with Crippen molar-refractivity contribution in [3.63, 3.8) is 0 Å². The van der Waals surface area contributed by atoms with Crippen molar-refractivity contribution in [2.24, 2.45) is 0 Å². The number of rotatable bonds is 4. The maximum Gasteiger partial charge on any atom is 0.416 e. The molecule has 0 saturated carbocycles. The molecular formula is C17H17F3N2O. The maximum atomic E-state index is 12.6. The van der Waals surface area contributed by atoms with Gasteiger partial charge in [-0.1, -0.05) is 12.1 Å². The van der Waals surface area contributed by atoms with E-state index in [0.717, 1.165) is 23.4 Å². The van der Waals surface area contributed by atoms with Gasteiger partial charge in [-0.05, 0) is 48.9 Å². The van der Waals surface area contributed by atoms with Gasteiger partial charge < -0.3 is 10.6 Å². The van der Waals surface area contributed by atoms with Gasteiger partial charge in [0.1, 0.15) is 0 Å². The molecule has 2 N–H and O–H groups in total. The average Bonchev–Trinajstić information content (AvgIpc) is 2.48. The molecule has 2 aromatic rings. The van der Waals surface area contributed by atoms with E-state index in [0.29, 0.717) is 5.69 Å². The summed E-state index contributed by atoms with van der Waals surface area (Å²) in [6, 6.07) is 12.0. The van der Waals surface area contributed by atoms with Crippen LogP contribution in [0, 0.1) is 0 Å². The van der Waals surface area contributed by atoms with Gasteiger partial charge in [0.25, 0.3) is 0 Å². The van der Waals surface area contributed by atoms with Crippen LogP contribution in [0.15, 0.2) is 48.5 Å². The van der Waals surface area contributed by atoms with Crippen LogP contribution >= 0.6 is 0 Å². The average molecular weight is 322 g/mol. The minimum Gasteiger partial charge on any atom is -0.379 e. The van der Waals surface area contributed by atoms with Crippen molar-refractivity contribution < 1.29 is 18.0 Å². The zero-order chi connectivity index (χ0) is 17.0. The van der Waals surface area contributed by atoms with E-state index >= 15 is 0 Å². The van der Waals surface area contributed by atoms with E-state index in [1.54, 1.807) is 24.3 Å². The molecule has 1 unspecified atom stereocenters. The number of anilines is 2. The standard InChI is InChI=1S/C17H17F3N2O/c1-11(13-3-5-14(6-4-13)17(18,19)20)21-15-7-9-16(10-8-15)22-12(2)23/h3-11,21H,1-2H3,(H,22,23). The lowest BCUT2D eigenvalue weighted by molar-refractivity contribution is -0.137. The van der Waals surface area contributed by atoms with E-state index in [1.807, 2.05) is 6.92 Å². The lowest BCUT2D eigenvalue weighted by Gasteiger charge is -2.17. The number of hydrogen-bond donors (Lipinski definition) is 2. The fraction of sp³-hybridized carbons (Fsp3) is 0.235. The van der Waals surface area contributed by atoms with E-state index < -0.39 is 11.7 Å². The second-order valence-electron chi connectivity index (χ2n) is 5.24. The Labute approximate surface area is 132 Å². The van der Waals surface area contributed by atoms with Crippen LogP contribution in [0.25, 0.3) is 0 Å². The van der Waals surface area contributed by atoms with Gasteiger partial charge in [-0.15, -0.1) is 0 Å². The molecule has 23 heavy (non-hydrogen) atoms. The molecule has 1 amide bonds. The monoisotopic (exact) mass is 322 g/mol. The maximum absolute atomic E-state index is 12.6. The van der Waals surface area contributed by atoms with Gasteiger partial charge in [0, 0.05) is 24.3 Å². The summed E-state index contributed by atoms with van der Waals surface area (Å²) in [7, 11) is 0. The molecule has 1 atom stereocenters. The molecule has 0 saturated heterocycles. The van der Waals surface area contributed by atoms with Crippen LogP contribution in [0.2, 0.25) is 0 Å². The second-order valence-corrected chi connectivity index (χ2v) is 5.24. The third kappa shape index (κ3) is 4.74. The van der Waals surface area contributed by atoms with Crippen molar-refractivity contribution in [1.82, 2.24) is 0 Å². The topological polar surface area (TPSA) is 41.1 Å². The third-order valence-corrected chi connectivity index (χ3v) is 3.33. The first-order chi connectivity index (χ1) is 10.8. The number of carbonyl (C=O) groups is 1. The van der Waals surface area contributed by atoms with E-state index in [-0.39, 0.29) is 11.9 Å². The Morgan fingerprint density at radius 3 is 1.96 bits per heavy atom. The zero-order valence-corrected chi connectivity index (χ0v) is 12.7. The van der Waals surface area contributed by atoms with Crippen molar-refractivity contribution in [2.45, 2.75) is 26.1 Å². The first-order valence-corrected chi connectivity index (χ1v) is 7.07. The normalized spacial score (nSPS) is 12.6. The summed E-state index contributed by atoms with van der Waals surface area (Å²) < 4.78 is 37.7. The third-order valence-electron chi connectivity index (χ3n) is 3.33. The minimum absolute atomic E-state index is 0.149. The molecule has 0 aliphatic rings. The lowest BCUT2D eigenvalue weighted by atomic mass is 10.1. The molecule has 2 rings (SSSR count). The summed E-state index contributed by atoms with van der Waals surface area (Å²) in [6.07, 6.45) is -4.32. The van der Waals surface area contributed by atoms with Gasteiger partial charge in [-0.25, -0.2) is 0 Å². The van der Waals surface area contributed by atoms with Crippen molar-refractivity contribution in [2.75, 3.05) is 10.6 Å². The fourth-order valence-corrected chi connectivity index (χ4v) is 2.15. The highest BCUT2D eigenvalue weighted by Crippen LogP contribution is 2.30. The molecule has 2 aromatic carbocycles. The molecule has 122 valence electrons. The Bertz CT molecular complexity index is 664. The predicted octanol–water partition coefficient (Wildman–Crippen LogP) is 4.84. The zero-order valence-electron chi connectivity index (χ0n) is 12.7. The number of alkyl halides is 3. The van der Waals surface area contributed by atoms with Crippen molar-refractivity contribution in [1.29, 1.82) is 0 Å². The Hall–Kier alpha value is -2.50. The number of benzene rings is 2. The summed E-state index contributed by atoms with van der Waals surface area (Å²) >= 11 is 0. The molecule has 3 nitrogen and oxygen atoms in total. The molecule has 0 fully saturated rings. The minimum atomic E-state index is -4.32.